The first-order valence-corrected chi connectivity index (χ1v) is 4.63. The number of hydrogen-bond donors (Lipinski definition) is 0. The molecule has 0 radical (unpaired) electrons. The molecule has 0 atom stereocenters. The number of nitrogens with zero attached hydrogens (tertiary/aromatic N) is 1. The molecule has 0 aliphatic rings. The maximum absolute atomic E-state index is 5.48. The van der Waals surface area contributed by atoms with Crippen molar-refractivity contribution in [2.45, 2.75) is 13.5 Å². The Morgan fingerprint density at radius 1 is 1.36 bits per heavy atom. The topological polar surface area (TPSA) is 21.6 Å². The van der Waals surface area contributed by atoms with Gasteiger partial charge in [-0.05, 0) is 18.6 Å². The van der Waals surface area contributed by atoms with E-state index in [0.29, 0.717) is 12.5 Å². The van der Waals surface area contributed by atoms with Crippen molar-refractivity contribution < 1.29 is 4.74 Å². The third-order valence-corrected chi connectivity index (χ3v) is 1.76. The van der Waals surface area contributed by atoms with Gasteiger partial charge >= 0.3 is 0 Å². The first-order chi connectivity index (χ1) is 6.86. The van der Waals surface area contributed by atoms with Gasteiger partial charge in [0.1, 0.15) is 6.61 Å². The monoisotopic (exact) mass is 189 g/mol. The lowest BCUT2D eigenvalue weighted by Crippen LogP contribution is -2.01. The number of hydrogen-bond acceptors (Lipinski definition) is 2. The van der Waals surface area contributed by atoms with Gasteiger partial charge in [-0.25, -0.2) is 0 Å². The van der Waals surface area contributed by atoms with Gasteiger partial charge in [-0.1, -0.05) is 36.4 Å². The molecule has 0 N–H and O–H groups in total. The van der Waals surface area contributed by atoms with Crippen LogP contribution in [-0.4, -0.2) is 12.9 Å². The first-order valence-electron chi connectivity index (χ1n) is 4.63. The Bertz CT molecular complexity index is 314. The molecule has 0 saturated heterocycles. The van der Waals surface area contributed by atoms with Gasteiger partial charge in [0, 0.05) is 7.05 Å². The summed E-state index contributed by atoms with van der Waals surface area (Å²) >= 11 is 0. The first kappa shape index (κ1) is 10.5. The van der Waals surface area contributed by atoms with E-state index in [4.69, 9.17) is 4.74 Å². The number of allylic oxidation sites excluding steroid dienone is 1. The maximum atomic E-state index is 5.48. The molecule has 0 saturated carbocycles. The van der Waals surface area contributed by atoms with Crippen LogP contribution in [0.5, 0.6) is 0 Å². The fourth-order valence-corrected chi connectivity index (χ4v) is 1.06. The van der Waals surface area contributed by atoms with Crippen LogP contribution in [0.4, 0.5) is 0 Å². The second kappa shape index (κ2) is 5.97. The molecule has 74 valence electrons. The van der Waals surface area contributed by atoms with Crippen LogP contribution in [0, 0.1) is 0 Å². The number of aliphatic imine (C=N–C) groups is 1. The Kier molecular flexibility index (Phi) is 4.48. The molecule has 0 spiro atoms. The quantitative estimate of drug-likeness (QED) is 0.529. The normalized spacial score (nSPS) is 12.0. The van der Waals surface area contributed by atoms with E-state index in [2.05, 4.69) is 4.99 Å². The van der Waals surface area contributed by atoms with Gasteiger partial charge in [0.05, 0.1) is 0 Å². The van der Waals surface area contributed by atoms with Crippen LogP contribution in [0.25, 0.3) is 0 Å². The van der Waals surface area contributed by atoms with Gasteiger partial charge < -0.3 is 4.74 Å². The summed E-state index contributed by atoms with van der Waals surface area (Å²) in [7, 11) is 1.72. The van der Waals surface area contributed by atoms with Crippen molar-refractivity contribution in [1.82, 2.24) is 0 Å². The molecule has 2 nitrogen and oxygen atoms in total. The molecule has 14 heavy (non-hydrogen) atoms. The summed E-state index contributed by atoms with van der Waals surface area (Å²) in [6.45, 7) is 2.51. The average molecular weight is 189 g/mol. The molecule has 1 rings (SSSR count). The fourth-order valence-electron chi connectivity index (χ4n) is 1.06. The second-order valence-electron chi connectivity index (χ2n) is 2.84. The molecular formula is C12H15NO. The van der Waals surface area contributed by atoms with Gasteiger partial charge in [-0.15, -0.1) is 0 Å². The van der Waals surface area contributed by atoms with Crippen LogP contribution in [0.2, 0.25) is 0 Å². The third-order valence-electron chi connectivity index (χ3n) is 1.76. The predicted molar refractivity (Wildman–Crippen MR) is 59.4 cm³/mol. The summed E-state index contributed by atoms with van der Waals surface area (Å²) in [5, 5.41) is 0. The molecule has 0 aliphatic carbocycles. The smallest absolute Gasteiger partial charge is 0.208 e. The Balaban J connectivity index is 2.48. The highest BCUT2D eigenvalue weighted by molar-refractivity contribution is 5.87. The lowest BCUT2D eigenvalue weighted by Gasteiger charge is -2.04. The Morgan fingerprint density at radius 3 is 2.64 bits per heavy atom. The molecule has 0 unspecified atom stereocenters. The second-order valence-corrected chi connectivity index (χ2v) is 2.84. The van der Waals surface area contributed by atoms with Crippen molar-refractivity contribution in [1.29, 1.82) is 0 Å². The molecule has 1 aromatic carbocycles. The largest absolute Gasteiger partial charge is 0.473 e. The van der Waals surface area contributed by atoms with E-state index >= 15 is 0 Å². The van der Waals surface area contributed by atoms with Gasteiger partial charge in [-0.2, -0.15) is 0 Å². The van der Waals surface area contributed by atoms with E-state index in [9.17, 15) is 0 Å². The van der Waals surface area contributed by atoms with E-state index in [-0.39, 0.29) is 0 Å². The zero-order chi connectivity index (χ0) is 10.2. The van der Waals surface area contributed by atoms with Crippen LogP contribution >= 0.6 is 0 Å². The van der Waals surface area contributed by atoms with E-state index in [0.717, 1.165) is 5.56 Å². The van der Waals surface area contributed by atoms with Crippen molar-refractivity contribution in [3.8, 4) is 0 Å². The van der Waals surface area contributed by atoms with Gasteiger partial charge in [0.15, 0.2) is 0 Å². The maximum Gasteiger partial charge on any atom is 0.208 e. The standard InChI is InChI=1S/C12H15NO/c1-3-7-12(13-2)14-10-11-8-5-4-6-9-11/h3-9H,10H2,1-2H3/b7-3-,13-12?. The van der Waals surface area contributed by atoms with Crippen LogP contribution in [0.1, 0.15) is 12.5 Å². The van der Waals surface area contributed by atoms with Crippen molar-refractivity contribution in [2.75, 3.05) is 7.05 Å². The summed E-state index contributed by atoms with van der Waals surface area (Å²) in [6, 6.07) is 10.0. The Labute approximate surface area is 84.9 Å². The lowest BCUT2D eigenvalue weighted by atomic mass is 10.2. The van der Waals surface area contributed by atoms with E-state index in [1.807, 2.05) is 49.4 Å². The molecule has 2 heteroatoms. The SMILES string of the molecule is C/C=C\C(=NC)OCc1ccccc1. The van der Waals surface area contributed by atoms with E-state index in [1.165, 1.54) is 0 Å². The minimum absolute atomic E-state index is 0.567. The van der Waals surface area contributed by atoms with Crippen molar-refractivity contribution in [2.24, 2.45) is 4.99 Å². The number of ether oxygens (including phenoxy) is 1. The zero-order valence-corrected chi connectivity index (χ0v) is 8.60. The van der Waals surface area contributed by atoms with Gasteiger partial charge in [0.25, 0.3) is 0 Å². The minimum atomic E-state index is 0.567. The number of rotatable bonds is 3. The van der Waals surface area contributed by atoms with E-state index in [1.54, 1.807) is 7.05 Å². The molecular weight excluding hydrogens is 174 g/mol. The van der Waals surface area contributed by atoms with Crippen LogP contribution in [0.3, 0.4) is 0 Å². The predicted octanol–water partition coefficient (Wildman–Crippen LogP) is 2.81. The molecule has 0 aromatic heterocycles. The highest BCUT2D eigenvalue weighted by Crippen LogP contribution is 2.01. The highest BCUT2D eigenvalue weighted by Gasteiger charge is 1.94. The van der Waals surface area contributed by atoms with Crippen LogP contribution in [0.15, 0.2) is 47.5 Å². The van der Waals surface area contributed by atoms with Gasteiger partial charge in [0.2, 0.25) is 5.90 Å². The number of benzene rings is 1. The molecule has 0 amide bonds. The summed E-state index contributed by atoms with van der Waals surface area (Å²) in [4.78, 5) is 4.00. The Morgan fingerprint density at radius 2 is 2.07 bits per heavy atom. The lowest BCUT2D eigenvalue weighted by molar-refractivity contribution is 0.295. The average Bonchev–Trinajstić information content (AvgIpc) is 2.25. The Hall–Kier alpha value is -1.57. The summed E-state index contributed by atoms with van der Waals surface area (Å²) in [6.07, 6.45) is 3.76. The van der Waals surface area contributed by atoms with Crippen molar-refractivity contribution in [3.05, 3.63) is 48.0 Å². The molecule has 0 bridgehead atoms. The summed E-state index contributed by atoms with van der Waals surface area (Å²) in [5.74, 6) is 0.663. The molecule has 1 aromatic rings. The summed E-state index contributed by atoms with van der Waals surface area (Å²) < 4.78 is 5.48. The molecule has 0 aliphatic heterocycles. The molecule has 0 fully saturated rings. The highest BCUT2D eigenvalue weighted by atomic mass is 16.5. The third kappa shape index (κ3) is 3.44. The zero-order valence-electron chi connectivity index (χ0n) is 8.60. The summed E-state index contributed by atoms with van der Waals surface area (Å²) in [5.41, 5.74) is 1.15. The molecule has 0 heterocycles. The minimum Gasteiger partial charge on any atom is -0.473 e. The van der Waals surface area contributed by atoms with Crippen LogP contribution in [-0.2, 0) is 11.3 Å². The van der Waals surface area contributed by atoms with E-state index < -0.39 is 0 Å². The van der Waals surface area contributed by atoms with Crippen LogP contribution < -0.4 is 0 Å². The fraction of sp³-hybridized carbons (Fsp3) is 0.250. The van der Waals surface area contributed by atoms with Crippen molar-refractivity contribution in [3.63, 3.8) is 0 Å². The van der Waals surface area contributed by atoms with Crippen molar-refractivity contribution >= 4 is 5.90 Å². The van der Waals surface area contributed by atoms with Gasteiger partial charge in [-0.3, -0.25) is 4.99 Å².